The Kier molecular flexibility index (Phi) is 2.79. The summed E-state index contributed by atoms with van der Waals surface area (Å²) in [5.74, 6) is -0.344. The molecule has 0 unspecified atom stereocenters. The van der Waals surface area contributed by atoms with Crippen LogP contribution in [0.2, 0.25) is 0 Å². The van der Waals surface area contributed by atoms with E-state index in [0.29, 0.717) is 6.54 Å². The molecule has 0 aromatic carbocycles. The first-order valence-electron chi connectivity index (χ1n) is 5.29. The lowest BCUT2D eigenvalue weighted by Gasteiger charge is -2.03. The summed E-state index contributed by atoms with van der Waals surface area (Å²) in [6, 6.07) is 3.38. The quantitative estimate of drug-likeness (QED) is 0.731. The lowest BCUT2D eigenvalue weighted by Crippen LogP contribution is -2.02. The number of rotatable bonds is 2. The maximum absolute atomic E-state index is 13.1. The number of nitrogens with zero attached hydrogens (tertiary/aromatic N) is 4. The molecule has 18 heavy (non-hydrogen) atoms. The van der Waals surface area contributed by atoms with Crippen molar-refractivity contribution in [1.82, 2.24) is 19.7 Å². The van der Waals surface area contributed by atoms with Gasteiger partial charge >= 0.3 is 0 Å². The Bertz CT molecular complexity index is 710. The second-order valence-electron chi connectivity index (χ2n) is 3.87. The van der Waals surface area contributed by atoms with Gasteiger partial charge in [-0.1, -0.05) is 0 Å². The van der Waals surface area contributed by atoms with Crippen molar-refractivity contribution in [3.63, 3.8) is 0 Å². The lowest BCUT2D eigenvalue weighted by molar-refractivity contribution is 0.613. The molecule has 0 N–H and O–H groups in total. The molecule has 0 aliphatic carbocycles. The fraction of sp³-hybridized carbons (Fsp3) is 0.0833. The molecule has 0 fully saturated rings. The summed E-state index contributed by atoms with van der Waals surface area (Å²) in [7, 11) is 0. The first-order chi connectivity index (χ1) is 8.72. The maximum Gasteiger partial charge on any atom is 0.141 e. The van der Waals surface area contributed by atoms with Crippen LogP contribution in [0.25, 0.3) is 11.0 Å². The third-order valence-electron chi connectivity index (χ3n) is 2.56. The minimum atomic E-state index is -0.344. The maximum atomic E-state index is 13.1. The summed E-state index contributed by atoms with van der Waals surface area (Å²) in [5, 5.41) is 4.24. The van der Waals surface area contributed by atoms with Crippen molar-refractivity contribution in [3.8, 4) is 0 Å². The normalized spacial score (nSPS) is 11.0. The molecule has 6 heteroatoms. The summed E-state index contributed by atoms with van der Waals surface area (Å²) < 4.78 is 15.7. The third-order valence-corrected chi connectivity index (χ3v) is 2.99. The van der Waals surface area contributed by atoms with Crippen LogP contribution in [0.3, 0.4) is 0 Å². The largest absolute Gasteiger partial charge is 0.261 e. The van der Waals surface area contributed by atoms with E-state index in [-0.39, 0.29) is 5.82 Å². The number of pyridine rings is 2. The Hall–Kier alpha value is -1.82. The monoisotopic (exact) mass is 306 g/mol. The molecule has 0 saturated carbocycles. The lowest BCUT2D eigenvalue weighted by atomic mass is 10.3. The molecule has 0 saturated heterocycles. The smallest absolute Gasteiger partial charge is 0.141 e. The van der Waals surface area contributed by atoms with Crippen molar-refractivity contribution in [1.29, 1.82) is 0 Å². The molecule has 4 nitrogen and oxygen atoms in total. The summed E-state index contributed by atoms with van der Waals surface area (Å²) in [6.45, 7) is 0.465. The van der Waals surface area contributed by atoms with Gasteiger partial charge in [0.1, 0.15) is 11.3 Å². The molecule has 3 aromatic rings. The van der Waals surface area contributed by atoms with E-state index in [0.717, 1.165) is 21.1 Å². The number of aromatic nitrogens is 4. The van der Waals surface area contributed by atoms with Gasteiger partial charge < -0.3 is 0 Å². The van der Waals surface area contributed by atoms with Crippen LogP contribution in [0.15, 0.2) is 41.4 Å². The molecule has 3 heterocycles. The van der Waals surface area contributed by atoms with Gasteiger partial charge in [0.2, 0.25) is 0 Å². The molecule has 3 rings (SSSR count). The summed E-state index contributed by atoms with van der Waals surface area (Å²) in [5.41, 5.74) is 2.47. The van der Waals surface area contributed by atoms with E-state index in [4.69, 9.17) is 0 Å². The van der Waals surface area contributed by atoms with E-state index in [2.05, 4.69) is 31.0 Å². The highest BCUT2D eigenvalue weighted by Gasteiger charge is 2.05. The van der Waals surface area contributed by atoms with Crippen LogP contribution >= 0.6 is 15.9 Å². The molecule has 0 aliphatic rings. The van der Waals surface area contributed by atoms with Crippen LogP contribution in [0.5, 0.6) is 0 Å². The van der Waals surface area contributed by atoms with E-state index in [9.17, 15) is 4.39 Å². The Morgan fingerprint density at radius 1 is 1.17 bits per heavy atom. The van der Waals surface area contributed by atoms with E-state index < -0.39 is 0 Å². The highest BCUT2D eigenvalue weighted by atomic mass is 79.9. The predicted octanol–water partition coefficient (Wildman–Crippen LogP) is 2.78. The van der Waals surface area contributed by atoms with Gasteiger partial charge in [-0.25, -0.2) is 4.39 Å². The van der Waals surface area contributed by atoms with Gasteiger partial charge in [-0.3, -0.25) is 14.6 Å². The van der Waals surface area contributed by atoms with Crippen LogP contribution in [-0.2, 0) is 6.54 Å². The Morgan fingerprint density at radius 2 is 2.06 bits per heavy atom. The molecule has 0 radical (unpaired) electrons. The molecular weight excluding hydrogens is 299 g/mol. The SMILES string of the molecule is Fc1cncc(Cn2ncc3ncc(Br)cc32)c1. The zero-order valence-corrected chi connectivity index (χ0v) is 10.8. The topological polar surface area (TPSA) is 43.6 Å². The van der Waals surface area contributed by atoms with E-state index in [1.165, 1.54) is 12.3 Å². The van der Waals surface area contributed by atoms with Crippen LogP contribution in [-0.4, -0.2) is 19.7 Å². The van der Waals surface area contributed by atoms with Gasteiger partial charge in [-0.15, -0.1) is 0 Å². The van der Waals surface area contributed by atoms with Crippen molar-refractivity contribution < 1.29 is 4.39 Å². The van der Waals surface area contributed by atoms with Crippen molar-refractivity contribution in [2.75, 3.05) is 0 Å². The van der Waals surface area contributed by atoms with Crippen LogP contribution in [0.1, 0.15) is 5.56 Å². The predicted molar refractivity (Wildman–Crippen MR) is 68.5 cm³/mol. The van der Waals surface area contributed by atoms with E-state index in [1.54, 1.807) is 23.3 Å². The number of hydrogen-bond donors (Lipinski definition) is 0. The molecule has 90 valence electrons. The molecule has 3 aromatic heterocycles. The van der Waals surface area contributed by atoms with Gasteiger partial charge in [0.15, 0.2) is 0 Å². The summed E-state index contributed by atoms with van der Waals surface area (Å²) in [4.78, 5) is 8.06. The summed E-state index contributed by atoms with van der Waals surface area (Å²) in [6.07, 6.45) is 6.22. The number of hydrogen-bond acceptors (Lipinski definition) is 3. The van der Waals surface area contributed by atoms with Gasteiger partial charge in [0.25, 0.3) is 0 Å². The fourth-order valence-corrected chi connectivity index (χ4v) is 2.09. The van der Waals surface area contributed by atoms with Crippen LogP contribution in [0, 0.1) is 5.82 Å². The Morgan fingerprint density at radius 3 is 2.89 bits per heavy atom. The van der Waals surface area contributed by atoms with Crippen molar-refractivity contribution in [2.45, 2.75) is 6.54 Å². The van der Waals surface area contributed by atoms with Gasteiger partial charge in [-0.2, -0.15) is 5.10 Å². The second-order valence-corrected chi connectivity index (χ2v) is 4.79. The Balaban J connectivity index is 2.02. The molecule has 0 bridgehead atoms. The molecule has 0 amide bonds. The van der Waals surface area contributed by atoms with Gasteiger partial charge in [0, 0.05) is 16.9 Å². The third kappa shape index (κ3) is 2.11. The molecular formula is C12H8BrFN4. The number of fused-ring (bicyclic) bond motifs is 1. The van der Waals surface area contributed by atoms with Gasteiger partial charge in [-0.05, 0) is 33.6 Å². The van der Waals surface area contributed by atoms with Crippen LogP contribution < -0.4 is 0 Å². The average Bonchev–Trinajstić information content (AvgIpc) is 2.72. The standard InChI is InChI=1S/C12H8BrFN4/c13-9-2-12-11(16-4-9)6-17-18(12)7-8-1-10(14)5-15-3-8/h1-6H,7H2. The zero-order valence-electron chi connectivity index (χ0n) is 9.22. The molecule has 0 atom stereocenters. The van der Waals surface area contributed by atoms with Crippen molar-refractivity contribution in [3.05, 3.63) is 52.8 Å². The minimum Gasteiger partial charge on any atom is -0.261 e. The van der Waals surface area contributed by atoms with Crippen LogP contribution in [0.4, 0.5) is 4.39 Å². The molecule has 0 spiro atoms. The molecule has 0 aliphatic heterocycles. The van der Waals surface area contributed by atoms with Gasteiger partial charge in [0.05, 0.1) is 24.5 Å². The first kappa shape index (κ1) is 11.3. The number of halogens is 2. The average molecular weight is 307 g/mol. The fourth-order valence-electron chi connectivity index (χ4n) is 1.77. The highest BCUT2D eigenvalue weighted by molar-refractivity contribution is 9.10. The minimum absolute atomic E-state index is 0.344. The van der Waals surface area contributed by atoms with E-state index in [1.807, 2.05) is 6.07 Å². The first-order valence-corrected chi connectivity index (χ1v) is 6.08. The Labute approximate surface area is 111 Å². The highest BCUT2D eigenvalue weighted by Crippen LogP contribution is 2.17. The van der Waals surface area contributed by atoms with E-state index >= 15 is 0 Å². The van der Waals surface area contributed by atoms with Crippen molar-refractivity contribution >= 4 is 27.0 Å². The summed E-state index contributed by atoms with van der Waals surface area (Å²) >= 11 is 3.37. The van der Waals surface area contributed by atoms with Crippen molar-refractivity contribution in [2.24, 2.45) is 0 Å². The zero-order chi connectivity index (χ0) is 12.5. The second kappa shape index (κ2) is 4.45.